The predicted molar refractivity (Wildman–Crippen MR) is 280 cm³/mol. The minimum Gasteiger partial charge on any atom is -0.497 e. The second kappa shape index (κ2) is 23.3. The number of halogens is 2. The van der Waals surface area contributed by atoms with Crippen LogP contribution in [0.3, 0.4) is 0 Å². The molecule has 4 aromatic carbocycles. The molecule has 2 atom stereocenters. The van der Waals surface area contributed by atoms with Crippen molar-refractivity contribution in [3.8, 4) is 22.9 Å². The Balaban J connectivity index is 0.000000165. The van der Waals surface area contributed by atoms with E-state index in [-0.39, 0.29) is 22.8 Å². The van der Waals surface area contributed by atoms with E-state index in [1.165, 1.54) is 52.5 Å². The molecule has 8 aromatic rings. The zero-order valence-electron chi connectivity index (χ0n) is 42.2. The van der Waals surface area contributed by atoms with Gasteiger partial charge < -0.3 is 35.8 Å². The summed E-state index contributed by atoms with van der Waals surface area (Å²) in [6.07, 6.45) is 10.9. The van der Waals surface area contributed by atoms with Gasteiger partial charge in [0.05, 0.1) is 59.7 Å². The van der Waals surface area contributed by atoms with Gasteiger partial charge in [-0.05, 0) is 172 Å². The van der Waals surface area contributed by atoms with Crippen LogP contribution in [-0.4, -0.2) is 70.9 Å². The highest BCUT2D eigenvalue weighted by molar-refractivity contribution is 6.03. The quantitative estimate of drug-likeness (QED) is 0.0539. The second-order valence-electron chi connectivity index (χ2n) is 18.9. The monoisotopic (exact) mass is 1020 g/mol. The highest BCUT2D eigenvalue weighted by atomic mass is 19.1. The number of carbonyl (C=O) groups excluding carboxylic acids is 1. The Kier molecular flexibility index (Phi) is 16.5. The maximum atomic E-state index is 14.9. The zero-order chi connectivity index (χ0) is 53.3. The Morgan fingerprint density at radius 2 is 1.09 bits per heavy atom. The molecule has 388 valence electrons. The summed E-state index contributed by atoms with van der Waals surface area (Å²) in [4.78, 5) is 33.0. The molecule has 0 saturated heterocycles. The summed E-state index contributed by atoms with van der Waals surface area (Å²) in [5.74, 6) is 0.0934. The number of nitrogen functional groups attached to an aromatic ring is 1. The minimum absolute atomic E-state index is 0.0246. The second-order valence-corrected chi connectivity index (χ2v) is 18.9. The summed E-state index contributed by atoms with van der Waals surface area (Å²) >= 11 is 0. The van der Waals surface area contributed by atoms with Crippen molar-refractivity contribution in [2.75, 3.05) is 25.3 Å². The number of methoxy groups -OCH3 is 2. The average molecular weight is 1020 g/mol. The summed E-state index contributed by atoms with van der Waals surface area (Å²) in [5.41, 5.74) is 8.26. The van der Waals surface area contributed by atoms with E-state index >= 15 is 0 Å². The van der Waals surface area contributed by atoms with Gasteiger partial charge in [-0.15, -0.1) is 0 Å². The Labute approximate surface area is 433 Å². The van der Waals surface area contributed by atoms with Crippen LogP contribution in [-0.2, 0) is 11.2 Å². The first-order valence-corrected chi connectivity index (χ1v) is 24.7. The highest BCUT2D eigenvalue weighted by Crippen LogP contribution is 2.42. The van der Waals surface area contributed by atoms with E-state index in [1.54, 1.807) is 125 Å². The van der Waals surface area contributed by atoms with Crippen molar-refractivity contribution < 1.29 is 43.2 Å². The normalized spacial score (nSPS) is 14.5. The number of hydrogen-bond donors (Lipinski definition) is 5. The molecule has 6 N–H and O–H groups in total. The molecular weight excluding hydrogens is 959 g/mol. The van der Waals surface area contributed by atoms with E-state index < -0.39 is 34.7 Å². The molecular formula is C58H60F2N8O7. The van der Waals surface area contributed by atoms with Crippen LogP contribution in [0.5, 0.6) is 11.5 Å². The summed E-state index contributed by atoms with van der Waals surface area (Å²) in [5, 5.41) is 43.3. The number of nitrogens with one attached hydrogen (secondary N) is 1. The number of aromatic nitrogens is 6. The Morgan fingerprint density at radius 1 is 0.640 bits per heavy atom. The zero-order valence-corrected chi connectivity index (χ0v) is 42.2. The Morgan fingerprint density at radius 3 is 1.52 bits per heavy atom. The fraction of sp³-hybridized carbons (Fsp3) is 0.276. The van der Waals surface area contributed by atoms with Crippen molar-refractivity contribution in [2.45, 2.75) is 76.4 Å². The van der Waals surface area contributed by atoms with Gasteiger partial charge in [-0.25, -0.2) is 22.9 Å². The van der Waals surface area contributed by atoms with Crippen LogP contribution in [0.25, 0.3) is 11.4 Å². The molecule has 2 unspecified atom stereocenters. The number of ether oxygens (including phenoxy) is 2. The molecule has 0 radical (unpaired) electrons. The molecule has 0 spiro atoms. The van der Waals surface area contributed by atoms with Crippen molar-refractivity contribution in [3.05, 3.63) is 203 Å². The van der Waals surface area contributed by atoms with E-state index in [4.69, 9.17) is 20.3 Å². The minimum atomic E-state index is -1.40. The number of carboxylic acid groups (broad SMARTS) is 1. The number of amides is 1. The van der Waals surface area contributed by atoms with Crippen LogP contribution in [0.2, 0.25) is 0 Å². The lowest BCUT2D eigenvalue weighted by molar-refractivity contribution is 0.0622. The van der Waals surface area contributed by atoms with Crippen LogP contribution in [0, 0.1) is 37.3 Å². The van der Waals surface area contributed by atoms with E-state index in [1.807, 2.05) is 18.2 Å². The summed E-state index contributed by atoms with van der Waals surface area (Å²) in [6, 6.07) is 36.9. The van der Waals surface area contributed by atoms with Crippen LogP contribution in [0.4, 0.5) is 20.2 Å². The van der Waals surface area contributed by atoms with Gasteiger partial charge in [0.25, 0.3) is 5.91 Å². The first-order valence-electron chi connectivity index (χ1n) is 24.7. The van der Waals surface area contributed by atoms with Gasteiger partial charge in [0.15, 0.2) is 5.69 Å². The molecule has 4 aromatic heterocycles. The lowest BCUT2D eigenvalue weighted by atomic mass is 9.84. The Hall–Kier alpha value is -8.28. The van der Waals surface area contributed by atoms with Crippen molar-refractivity contribution in [3.63, 3.8) is 0 Å². The van der Waals surface area contributed by atoms with Crippen molar-refractivity contribution in [1.82, 2.24) is 29.5 Å². The number of rotatable bonds is 17. The van der Waals surface area contributed by atoms with E-state index in [9.17, 15) is 28.6 Å². The van der Waals surface area contributed by atoms with Gasteiger partial charge in [0.2, 0.25) is 0 Å². The molecule has 0 bridgehead atoms. The van der Waals surface area contributed by atoms with Gasteiger partial charge in [-0.2, -0.15) is 10.2 Å². The maximum Gasteiger partial charge on any atom is 0.354 e. The number of carboxylic acids is 1. The number of aryl methyl sites for hydroxylation is 2. The number of aromatic carboxylic acids is 1. The molecule has 2 saturated carbocycles. The first-order chi connectivity index (χ1) is 36.1. The van der Waals surface area contributed by atoms with Gasteiger partial charge in [-0.3, -0.25) is 14.8 Å². The first kappa shape index (κ1) is 53.0. The molecule has 4 heterocycles. The predicted octanol–water partition coefficient (Wildman–Crippen LogP) is 10.5. The van der Waals surface area contributed by atoms with Crippen molar-refractivity contribution >= 4 is 23.3 Å². The summed E-state index contributed by atoms with van der Waals surface area (Å²) in [6.45, 7) is 3.54. The van der Waals surface area contributed by atoms with Gasteiger partial charge >= 0.3 is 5.97 Å². The number of anilines is 2. The molecule has 75 heavy (non-hydrogen) atoms. The molecule has 0 aliphatic heterocycles. The lowest BCUT2D eigenvalue weighted by Gasteiger charge is -2.29. The van der Waals surface area contributed by atoms with E-state index in [0.29, 0.717) is 75.7 Å². The molecule has 1 amide bonds. The van der Waals surface area contributed by atoms with Crippen LogP contribution >= 0.6 is 0 Å². The number of nitrogens with two attached hydrogens (primary N) is 1. The number of hydrogen-bond acceptors (Lipinski definition) is 11. The number of benzene rings is 4. The SMILES string of the molecule is COc1ccc(-n2nc(C)cc2C(=O)Nc2cc(C(O)(CCC3CC3)c3ccccn3)ccc2F)cc1.COc1ccc(-n2nc(C)cc2C(=O)O)cc1.Nc1cc(C(O)(CCC2CC2)c2ccccn2)ccc1F. The lowest BCUT2D eigenvalue weighted by Crippen LogP contribution is -2.29. The fourth-order valence-corrected chi connectivity index (χ4v) is 8.71. The number of nitrogens with zero attached hydrogens (tertiary/aromatic N) is 6. The fourth-order valence-electron chi connectivity index (χ4n) is 8.71. The smallest absolute Gasteiger partial charge is 0.354 e. The third-order valence-electron chi connectivity index (χ3n) is 13.3. The van der Waals surface area contributed by atoms with Gasteiger partial charge in [0.1, 0.15) is 40.0 Å². The highest BCUT2D eigenvalue weighted by Gasteiger charge is 2.37. The molecule has 10 rings (SSSR count). The number of pyridine rings is 2. The topological polar surface area (TPSA) is 213 Å². The van der Waals surface area contributed by atoms with Gasteiger partial charge in [-0.1, -0.05) is 49.9 Å². The van der Waals surface area contributed by atoms with E-state index in [2.05, 4.69) is 25.5 Å². The molecule has 2 aliphatic carbocycles. The largest absolute Gasteiger partial charge is 0.497 e. The van der Waals surface area contributed by atoms with E-state index in [0.717, 1.165) is 31.4 Å². The molecule has 15 nitrogen and oxygen atoms in total. The maximum absolute atomic E-state index is 14.9. The third-order valence-corrected chi connectivity index (χ3v) is 13.3. The van der Waals surface area contributed by atoms with Crippen LogP contribution < -0.4 is 20.5 Å². The van der Waals surface area contributed by atoms with Crippen LogP contribution in [0.15, 0.2) is 146 Å². The standard InChI is InChI=1S/C29H29FN4O3.C17H19FN2O.C12H12N2O3/c1-19-17-26(34(33-19)22-9-11-23(37-2)12-10-22)28(35)32-25-18-21(8-13-24(25)30)29(36,15-14-20-6-7-20)27-5-3-4-16-31-27;18-14-7-6-13(11-15(14)19)17(21,9-8-12-4-5-12)16-3-1-2-10-20-16;1-8-7-11(12(15)16)14(13-8)9-3-5-10(17-2)6-4-9/h3-5,8-13,16-18,20,36H,6-7,14-15H2,1-2H3,(H,32,35);1-3,6-7,10-12,21H,4-5,8-9,19H2;3-7H,1-2H3,(H,15,16). The van der Waals surface area contributed by atoms with Crippen molar-refractivity contribution in [1.29, 1.82) is 0 Å². The average Bonchev–Trinajstić information content (AvgIpc) is 4.37. The number of aliphatic hydroxyl groups is 2. The van der Waals surface area contributed by atoms with Crippen molar-refractivity contribution in [2.24, 2.45) is 11.8 Å². The molecule has 2 fully saturated rings. The third kappa shape index (κ3) is 12.9. The number of carbonyl (C=O) groups is 2. The van der Waals surface area contributed by atoms with Gasteiger partial charge in [0, 0.05) is 12.4 Å². The Bertz CT molecular complexity index is 3220. The summed E-state index contributed by atoms with van der Waals surface area (Å²) < 4.78 is 41.5. The molecule has 17 heteroatoms. The molecule has 2 aliphatic rings. The van der Waals surface area contributed by atoms with Crippen LogP contribution in [0.1, 0.15) is 106 Å². The summed E-state index contributed by atoms with van der Waals surface area (Å²) in [7, 11) is 3.16.